The van der Waals surface area contributed by atoms with E-state index in [1.807, 2.05) is 6.92 Å². The molecule has 5 nitrogen and oxygen atoms in total. The first-order valence-corrected chi connectivity index (χ1v) is 6.42. The zero-order valence-electron chi connectivity index (χ0n) is 9.84. The van der Waals surface area contributed by atoms with E-state index in [2.05, 4.69) is 20.9 Å². The minimum Gasteiger partial charge on any atom is -0.481 e. The molecule has 96 valence electrons. The van der Waals surface area contributed by atoms with Crippen molar-refractivity contribution in [2.75, 3.05) is 13.1 Å². The summed E-state index contributed by atoms with van der Waals surface area (Å²) in [7, 11) is 0. The molecular weight excluding hydrogens is 300 g/mol. The van der Waals surface area contributed by atoms with Crippen LogP contribution < -0.4 is 0 Å². The van der Waals surface area contributed by atoms with Crippen LogP contribution in [-0.2, 0) is 4.79 Å². The number of aromatic nitrogens is 1. The Kier molecular flexibility index (Phi) is 3.65. The van der Waals surface area contributed by atoms with Crippen molar-refractivity contribution in [1.82, 2.24) is 9.88 Å². The molecule has 18 heavy (non-hydrogen) atoms. The number of carbonyl (C=O) groups excluding carboxylic acids is 1. The first-order valence-electron chi connectivity index (χ1n) is 5.63. The molecule has 2 rings (SSSR count). The van der Waals surface area contributed by atoms with Crippen LogP contribution in [0, 0.1) is 11.8 Å². The highest BCUT2D eigenvalue weighted by atomic mass is 79.9. The van der Waals surface area contributed by atoms with Crippen molar-refractivity contribution in [2.24, 2.45) is 11.8 Å². The molecule has 0 bridgehead atoms. The molecule has 0 saturated carbocycles. The molecule has 1 saturated heterocycles. The average Bonchev–Trinajstić information content (AvgIpc) is 2.71. The van der Waals surface area contributed by atoms with Crippen LogP contribution in [0.3, 0.4) is 0 Å². The summed E-state index contributed by atoms with van der Waals surface area (Å²) < 4.78 is 0.626. The van der Waals surface area contributed by atoms with Crippen molar-refractivity contribution in [3.63, 3.8) is 0 Å². The minimum absolute atomic E-state index is 0.0334. The number of nitrogens with zero attached hydrogens (tertiary/aromatic N) is 2. The molecule has 1 aliphatic heterocycles. The number of carbonyl (C=O) groups is 2. The predicted octanol–water partition coefficient (Wildman–Crippen LogP) is 1.64. The number of pyridine rings is 1. The van der Waals surface area contributed by atoms with Gasteiger partial charge in [0.2, 0.25) is 0 Å². The second kappa shape index (κ2) is 5.06. The summed E-state index contributed by atoms with van der Waals surface area (Å²) in [5, 5.41) is 9.05. The summed E-state index contributed by atoms with van der Waals surface area (Å²) in [5.74, 6) is -1.60. The highest BCUT2D eigenvalue weighted by molar-refractivity contribution is 9.10. The zero-order chi connectivity index (χ0) is 13.3. The van der Waals surface area contributed by atoms with E-state index >= 15 is 0 Å². The van der Waals surface area contributed by atoms with Crippen molar-refractivity contribution < 1.29 is 14.7 Å². The van der Waals surface area contributed by atoms with Crippen molar-refractivity contribution in [1.29, 1.82) is 0 Å². The van der Waals surface area contributed by atoms with Crippen LogP contribution >= 0.6 is 15.9 Å². The van der Waals surface area contributed by atoms with Gasteiger partial charge in [-0.1, -0.05) is 6.92 Å². The summed E-state index contributed by atoms with van der Waals surface area (Å²) in [4.78, 5) is 28.8. The van der Waals surface area contributed by atoms with E-state index in [-0.39, 0.29) is 18.4 Å². The molecule has 0 spiro atoms. The van der Waals surface area contributed by atoms with E-state index in [1.165, 1.54) is 0 Å². The molecule has 0 aromatic carbocycles. The van der Waals surface area contributed by atoms with Gasteiger partial charge < -0.3 is 10.0 Å². The van der Waals surface area contributed by atoms with E-state index in [0.29, 0.717) is 16.7 Å². The number of amides is 1. The molecule has 2 unspecified atom stereocenters. The van der Waals surface area contributed by atoms with E-state index < -0.39 is 11.9 Å². The summed E-state index contributed by atoms with van der Waals surface area (Å²) in [6.07, 6.45) is 1.55. The summed E-state index contributed by atoms with van der Waals surface area (Å²) in [6.45, 7) is 2.55. The van der Waals surface area contributed by atoms with Gasteiger partial charge in [-0.25, -0.2) is 4.98 Å². The van der Waals surface area contributed by atoms with Gasteiger partial charge in [0.15, 0.2) is 0 Å². The number of carboxylic acids is 1. The number of rotatable bonds is 2. The summed E-state index contributed by atoms with van der Waals surface area (Å²) in [5.41, 5.74) is 0.329. The lowest BCUT2D eigenvalue weighted by atomic mass is 9.99. The lowest BCUT2D eigenvalue weighted by molar-refractivity contribution is -0.142. The first-order chi connectivity index (χ1) is 8.50. The molecule has 2 atom stereocenters. The molecule has 0 aliphatic carbocycles. The Morgan fingerprint density at radius 3 is 2.78 bits per heavy atom. The van der Waals surface area contributed by atoms with Crippen molar-refractivity contribution >= 4 is 27.8 Å². The van der Waals surface area contributed by atoms with E-state index in [9.17, 15) is 9.59 Å². The quantitative estimate of drug-likeness (QED) is 0.901. The Morgan fingerprint density at radius 1 is 1.50 bits per heavy atom. The third-order valence-corrected chi connectivity index (χ3v) is 3.82. The number of aliphatic carboxylic acids is 1. The van der Waals surface area contributed by atoms with E-state index in [4.69, 9.17) is 5.11 Å². The number of hydrogen-bond acceptors (Lipinski definition) is 3. The molecule has 1 amide bonds. The molecule has 1 aliphatic rings. The predicted molar refractivity (Wildman–Crippen MR) is 68.1 cm³/mol. The molecule has 2 heterocycles. The smallest absolute Gasteiger partial charge is 0.308 e. The maximum absolute atomic E-state index is 12.2. The van der Waals surface area contributed by atoms with Gasteiger partial charge >= 0.3 is 5.97 Å². The number of halogens is 1. The van der Waals surface area contributed by atoms with Crippen molar-refractivity contribution in [3.05, 3.63) is 28.5 Å². The standard InChI is InChI=1S/C12H13BrN2O3/c1-7-5-15(6-8(7)12(17)18)11(16)10-9(13)3-2-4-14-10/h2-4,7-8H,5-6H2,1H3,(H,17,18). The van der Waals surface area contributed by atoms with Crippen molar-refractivity contribution in [3.8, 4) is 0 Å². The van der Waals surface area contributed by atoms with Crippen LogP contribution in [-0.4, -0.2) is 40.0 Å². The lowest BCUT2D eigenvalue weighted by Gasteiger charge is -2.15. The van der Waals surface area contributed by atoms with E-state index in [0.717, 1.165) is 0 Å². The van der Waals surface area contributed by atoms with Crippen LogP contribution in [0.2, 0.25) is 0 Å². The Hall–Kier alpha value is -1.43. The van der Waals surface area contributed by atoms with Crippen LogP contribution in [0.25, 0.3) is 0 Å². The van der Waals surface area contributed by atoms with Crippen molar-refractivity contribution in [2.45, 2.75) is 6.92 Å². The summed E-state index contributed by atoms with van der Waals surface area (Å²) >= 11 is 3.28. The maximum atomic E-state index is 12.2. The average molecular weight is 313 g/mol. The number of hydrogen-bond donors (Lipinski definition) is 1. The molecule has 0 radical (unpaired) electrons. The summed E-state index contributed by atoms with van der Waals surface area (Å²) in [6, 6.07) is 3.47. The first kappa shape index (κ1) is 13.0. The van der Waals surface area contributed by atoms with E-state index in [1.54, 1.807) is 23.2 Å². The van der Waals surface area contributed by atoms with Crippen LogP contribution in [0.1, 0.15) is 17.4 Å². The largest absolute Gasteiger partial charge is 0.481 e. The molecular formula is C12H13BrN2O3. The molecule has 1 aromatic heterocycles. The highest BCUT2D eigenvalue weighted by Crippen LogP contribution is 2.25. The van der Waals surface area contributed by atoms with Gasteiger partial charge in [0.1, 0.15) is 5.69 Å². The SMILES string of the molecule is CC1CN(C(=O)c2ncccc2Br)CC1C(=O)O. The third kappa shape index (κ3) is 2.38. The molecule has 1 fully saturated rings. The normalized spacial score (nSPS) is 23.1. The minimum atomic E-state index is -0.849. The van der Waals surface area contributed by atoms with Crippen LogP contribution in [0.15, 0.2) is 22.8 Å². The molecule has 1 N–H and O–H groups in total. The van der Waals surface area contributed by atoms with Crippen LogP contribution in [0.4, 0.5) is 0 Å². The fourth-order valence-corrected chi connectivity index (χ4v) is 2.57. The Bertz CT molecular complexity index is 492. The number of likely N-dealkylation sites (tertiary alicyclic amines) is 1. The van der Waals surface area contributed by atoms with Gasteiger partial charge in [-0.2, -0.15) is 0 Å². The Labute approximate surface area is 113 Å². The maximum Gasteiger partial charge on any atom is 0.308 e. The second-order valence-corrected chi connectivity index (χ2v) is 5.32. The highest BCUT2D eigenvalue weighted by Gasteiger charge is 2.37. The number of carboxylic acid groups (broad SMARTS) is 1. The van der Waals surface area contributed by atoms with Gasteiger partial charge in [-0.3, -0.25) is 9.59 Å². The van der Waals surface area contributed by atoms with Gasteiger partial charge in [0, 0.05) is 23.8 Å². The van der Waals surface area contributed by atoms with Gasteiger partial charge in [0.05, 0.1) is 5.92 Å². The van der Waals surface area contributed by atoms with Gasteiger partial charge in [-0.15, -0.1) is 0 Å². The zero-order valence-corrected chi connectivity index (χ0v) is 11.4. The van der Waals surface area contributed by atoms with Gasteiger partial charge in [0.25, 0.3) is 5.91 Å². The monoisotopic (exact) mass is 312 g/mol. The van der Waals surface area contributed by atoms with Crippen LogP contribution in [0.5, 0.6) is 0 Å². The fourth-order valence-electron chi connectivity index (χ4n) is 2.15. The Morgan fingerprint density at radius 2 is 2.22 bits per heavy atom. The molecule has 6 heteroatoms. The molecule has 1 aromatic rings. The fraction of sp³-hybridized carbons (Fsp3) is 0.417. The lowest BCUT2D eigenvalue weighted by Crippen LogP contribution is -2.30. The third-order valence-electron chi connectivity index (χ3n) is 3.18. The Balaban J connectivity index is 2.17. The topological polar surface area (TPSA) is 70.5 Å². The van der Waals surface area contributed by atoms with Gasteiger partial charge in [-0.05, 0) is 34.0 Å². The second-order valence-electron chi connectivity index (χ2n) is 4.47.